The highest BCUT2D eigenvalue weighted by Crippen LogP contribution is 2.29. The van der Waals surface area contributed by atoms with E-state index in [1.807, 2.05) is 24.3 Å². The van der Waals surface area contributed by atoms with E-state index in [9.17, 15) is 4.79 Å². The van der Waals surface area contributed by atoms with Gasteiger partial charge in [0.1, 0.15) is 5.03 Å². The van der Waals surface area contributed by atoms with Crippen LogP contribution in [0.4, 0.5) is 5.69 Å². The number of aromatic nitrogens is 2. The fraction of sp³-hybridized carbons (Fsp3) is 0. The minimum absolute atomic E-state index is 0.191. The summed E-state index contributed by atoms with van der Waals surface area (Å²) in [6, 6.07) is 14.9. The van der Waals surface area contributed by atoms with E-state index in [-0.39, 0.29) is 5.91 Å². The molecule has 0 bridgehead atoms. The minimum Gasteiger partial charge on any atom is -0.322 e. The maximum absolute atomic E-state index is 12.5. The lowest BCUT2D eigenvalue weighted by Gasteiger charge is -2.09. The van der Waals surface area contributed by atoms with E-state index in [2.05, 4.69) is 31.2 Å². The van der Waals surface area contributed by atoms with E-state index in [1.54, 1.807) is 42.9 Å². The topological polar surface area (TPSA) is 54.9 Å². The Morgan fingerprint density at radius 3 is 2.48 bits per heavy atom. The van der Waals surface area contributed by atoms with Crippen LogP contribution in [-0.2, 0) is 0 Å². The van der Waals surface area contributed by atoms with Gasteiger partial charge in [0.25, 0.3) is 5.91 Å². The van der Waals surface area contributed by atoms with Crippen LogP contribution < -0.4 is 5.32 Å². The van der Waals surface area contributed by atoms with Crippen molar-refractivity contribution < 1.29 is 4.79 Å². The first-order valence-corrected chi connectivity index (χ1v) is 8.43. The van der Waals surface area contributed by atoms with E-state index < -0.39 is 0 Å². The number of benzene rings is 1. The molecular weight excluding hydrogens is 374 g/mol. The normalized spacial score (nSPS) is 10.3. The van der Waals surface area contributed by atoms with E-state index in [1.165, 1.54) is 11.8 Å². The number of nitrogens with one attached hydrogen (secondary N) is 1. The molecule has 0 fully saturated rings. The van der Waals surface area contributed by atoms with Crippen molar-refractivity contribution in [2.45, 2.75) is 9.92 Å². The van der Waals surface area contributed by atoms with Crippen molar-refractivity contribution in [3.8, 4) is 0 Å². The predicted octanol–water partition coefficient (Wildman–Crippen LogP) is 4.64. The third kappa shape index (κ3) is 4.18. The monoisotopic (exact) mass is 385 g/mol. The molecule has 0 unspecified atom stereocenters. The molecule has 114 valence electrons. The van der Waals surface area contributed by atoms with Gasteiger partial charge in [0, 0.05) is 33.6 Å². The summed E-state index contributed by atoms with van der Waals surface area (Å²) in [7, 11) is 0. The summed E-state index contributed by atoms with van der Waals surface area (Å²) in [5, 5.41) is 3.52. The minimum atomic E-state index is -0.191. The van der Waals surface area contributed by atoms with E-state index in [0.29, 0.717) is 16.3 Å². The highest BCUT2D eigenvalue weighted by atomic mass is 79.9. The Morgan fingerprint density at radius 1 is 1.00 bits per heavy atom. The average molecular weight is 386 g/mol. The van der Waals surface area contributed by atoms with Crippen molar-refractivity contribution in [1.82, 2.24) is 9.97 Å². The van der Waals surface area contributed by atoms with Crippen LogP contribution in [0.3, 0.4) is 0 Å². The zero-order chi connectivity index (χ0) is 16.1. The molecule has 0 spiro atoms. The van der Waals surface area contributed by atoms with Crippen LogP contribution in [0, 0.1) is 0 Å². The van der Waals surface area contributed by atoms with Crippen molar-refractivity contribution in [2.75, 3.05) is 5.32 Å². The Hall–Kier alpha value is -2.18. The lowest BCUT2D eigenvalue weighted by molar-refractivity contribution is 0.102. The second-order valence-corrected chi connectivity index (χ2v) is 6.58. The van der Waals surface area contributed by atoms with Gasteiger partial charge in [0.15, 0.2) is 0 Å². The molecule has 2 heterocycles. The fourth-order valence-electron chi connectivity index (χ4n) is 1.89. The summed E-state index contributed by atoms with van der Waals surface area (Å²) in [6.45, 7) is 0. The Kier molecular flexibility index (Phi) is 5.05. The standard InChI is InChI=1S/C17H12BrN3OS/c18-12-3-5-14(6-4-12)23-17-15(2-1-9-20-17)16(22)21-13-7-10-19-11-8-13/h1-11H,(H,19,21,22). The predicted molar refractivity (Wildman–Crippen MR) is 94.7 cm³/mol. The van der Waals surface area contributed by atoms with Crippen LogP contribution in [0.1, 0.15) is 10.4 Å². The van der Waals surface area contributed by atoms with Gasteiger partial charge in [-0.3, -0.25) is 9.78 Å². The summed E-state index contributed by atoms with van der Waals surface area (Å²) in [4.78, 5) is 21.8. The zero-order valence-electron chi connectivity index (χ0n) is 11.9. The van der Waals surface area contributed by atoms with Gasteiger partial charge in [0.2, 0.25) is 0 Å². The molecule has 0 aliphatic rings. The van der Waals surface area contributed by atoms with E-state index in [4.69, 9.17) is 0 Å². The quantitative estimate of drug-likeness (QED) is 0.710. The number of nitrogens with zero attached hydrogens (tertiary/aromatic N) is 2. The molecule has 0 aliphatic heterocycles. The van der Waals surface area contributed by atoms with Crippen molar-refractivity contribution in [3.05, 3.63) is 77.2 Å². The number of carbonyl (C=O) groups excluding carboxylic acids is 1. The molecular formula is C17H12BrN3OS. The number of rotatable bonds is 4. The highest BCUT2D eigenvalue weighted by Gasteiger charge is 2.13. The Labute approximate surface area is 146 Å². The smallest absolute Gasteiger partial charge is 0.258 e. The fourth-order valence-corrected chi connectivity index (χ4v) is 3.04. The molecule has 6 heteroatoms. The van der Waals surface area contributed by atoms with Gasteiger partial charge in [-0.1, -0.05) is 27.7 Å². The van der Waals surface area contributed by atoms with Gasteiger partial charge in [-0.15, -0.1) is 0 Å². The maximum Gasteiger partial charge on any atom is 0.258 e. The maximum atomic E-state index is 12.5. The number of amides is 1. The molecule has 0 saturated carbocycles. The van der Waals surface area contributed by atoms with Gasteiger partial charge in [0.05, 0.1) is 5.56 Å². The molecule has 4 nitrogen and oxygen atoms in total. The van der Waals surface area contributed by atoms with Crippen molar-refractivity contribution in [3.63, 3.8) is 0 Å². The number of anilines is 1. The lowest BCUT2D eigenvalue weighted by atomic mass is 10.2. The van der Waals surface area contributed by atoms with E-state index >= 15 is 0 Å². The van der Waals surface area contributed by atoms with Gasteiger partial charge >= 0.3 is 0 Å². The average Bonchev–Trinajstić information content (AvgIpc) is 2.58. The SMILES string of the molecule is O=C(Nc1ccncc1)c1cccnc1Sc1ccc(Br)cc1. The highest BCUT2D eigenvalue weighted by molar-refractivity contribution is 9.10. The number of carbonyl (C=O) groups is 1. The van der Waals surface area contributed by atoms with Gasteiger partial charge in [-0.05, 0) is 48.5 Å². The summed E-state index contributed by atoms with van der Waals surface area (Å²) >= 11 is 4.87. The second-order valence-electron chi connectivity index (χ2n) is 4.60. The Bertz CT molecular complexity index is 810. The summed E-state index contributed by atoms with van der Waals surface area (Å²) in [6.07, 6.45) is 4.96. The number of pyridine rings is 2. The third-order valence-corrected chi connectivity index (χ3v) is 4.54. The van der Waals surface area contributed by atoms with Crippen LogP contribution in [0.15, 0.2) is 81.5 Å². The van der Waals surface area contributed by atoms with Crippen molar-refractivity contribution >= 4 is 39.3 Å². The molecule has 2 aromatic heterocycles. The number of halogens is 1. The van der Waals surface area contributed by atoms with Crippen molar-refractivity contribution in [2.24, 2.45) is 0 Å². The molecule has 3 aromatic rings. The van der Waals surface area contributed by atoms with Crippen molar-refractivity contribution in [1.29, 1.82) is 0 Å². The number of hydrogen-bond donors (Lipinski definition) is 1. The van der Waals surface area contributed by atoms with Crippen LogP contribution in [-0.4, -0.2) is 15.9 Å². The van der Waals surface area contributed by atoms with Gasteiger partial charge in [-0.2, -0.15) is 0 Å². The molecule has 0 aliphatic carbocycles. The first-order valence-electron chi connectivity index (χ1n) is 6.82. The summed E-state index contributed by atoms with van der Waals surface area (Å²) < 4.78 is 1.01. The lowest BCUT2D eigenvalue weighted by Crippen LogP contribution is -2.13. The van der Waals surface area contributed by atoms with Crippen LogP contribution >= 0.6 is 27.7 Å². The summed E-state index contributed by atoms with van der Waals surface area (Å²) in [5.41, 5.74) is 1.24. The first kappa shape index (κ1) is 15.7. The molecule has 1 amide bonds. The van der Waals surface area contributed by atoms with Crippen LogP contribution in [0.5, 0.6) is 0 Å². The molecule has 1 aromatic carbocycles. The molecule has 0 radical (unpaired) electrons. The van der Waals surface area contributed by atoms with Gasteiger partial charge in [-0.25, -0.2) is 4.98 Å². The summed E-state index contributed by atoms with van der Waals surface area (Å²) in [5.74, 6) is -0.191. The first-order chi connectivity index (χ1) is 11.2. The number of hydrogen-bond acceptors (Lipinski definition) is 4. The largest absolute Gasteiger partial charge is 0.322 e. The van der Waals surface area contributed by atoms with Crippen LogP contribution in [0.25, 0.3) is 0 Å². The molecule has 0 atom stereocenters. The molecule has 0 saturated heterocycles. The zero-order valence-corrected chi connectivity index (χ0v) is 14.3. The van der Waals surface area contributed by atoms with Crippen LogP contribution in [0.2, 0.25) is 0 Å². The van der Waals surface area contributed by atoms with Gasteiger partial charge < -0.3 is 5.32 Å². The molecule has 3 rings (SSSR count). The molecule has 23 heavy (non-hydrogen) atoms. The third-order valence-electron chi connectivity index (χ3n) is 2.98. The Balaban J connectivity index is 1.82. The second kappa shape index (κ2) is 7.39. The molecule has 1 N–H and O–H groups in total. The van der Waals surface area contributed by atoms with E-state index in [0.717, 1.165) is 9.37 Å². The Morgan fingerprint density at radius 2 is 1.74 bits per heavy atom.